The third-order valence-electron chi connectivity index (χ3n) is 6.40. The SMILES string of the molecule is O=NC(=O)CCCC(=O)OCC1CCC(COC(=O)c2ccc(S(=O)(=O)N3C(=O)CCC3=O)cc2)CC1. The van der Waals surface area contributed by atoms with Crippen LogP contribution in [-0.4, -0.2) is 55.6 Å². The molecule has 1 aliphatic carbocycles. The summed E-state index contributed by atoms with van der Waals surface area (Å²) in [6.07, 6.45) is 3.04. The summed E-state index contributed by atoms with van der Waals surface area (Å²) in [4.78, 5) is 68.3. The molecule has 0 radical (unpaired) electrons. The third-order valence-corrected chi connectivity index (χ3v) is 8.16. The van der Waals surface area contributed by atoms with Crippen molar-refractivity contribution in [1.82, 2.24) is 4.31 Å². The lowest BCUT2D eigenvalue weighted by atomic mass is 9.83. The summed E-state index contributed by atoms with van der Waals surface area (Å²) in [6, 6.07) is 4.87. The highest BCUT2D eigenvalue weighted by molar-refractivity contribution is 7.90. The number of nitroso groups, excluding NO2 is 1. The van der Waals surface area contributed by atoms with Crippen LogP contribution in [0.3, 0.4) is 0 Å². The molecular formula is C24H28N2O10S. The summed E-state index contributed by atoms with van der Waals surface area (Å²) in [5, 5.41) is 2.27. The number of hydrogen-bond acceptors (Lipinski definition) is 10. The summed E-state index contributed by atoms with van der Waals surface area (Å²) in [5.41, 5.74) is 0.143. The highest BCUT2D eigenvalue weighted by Gasteiger charge is 2.39. The summed E-state index contributed by atoms with van der Waals surface area (Å²) in [6.45, 7) is 0.468. The Morgan fingerprint density at radius 1 is 0.865 bits per heavy atom. The number of carbonyl (C=O) groups excluding carboxylic acids is 5. The van der Waals surface area contributed by atoms with Crippen LogP contribution in [0.5, 0.6) is 0 Å². The molecule has 0 unspecified atom stereocenters. The summed E-state index contributed by atoms with van der Waals surface area (Å²) in [5.74, 6) is -3.04. The summed E-state index contributed by atoms with van der Waals surface area (Å²) >= 11 is 0. The lowest BCUT2D eigenvalue weighted by Crippen LogP contribution is -2.35. The van der Waals surface area contributed by atoms with E-state index in [9.17, 15) is 37.3 Å². The van der Waals surface area contributed by atoms with Crippen molar-refractivity contribution in [2.75, 3.05) is 13.2 Å². The second-order valence-electron chi connectivity index (χ2n) is 9.09. The van der Waals surface area contributed by atoms with Crippen LogP contribution in [0.1, 0.15) is 68.1 Å². The largest absolute Gasteiger partial charge is 0.465 e. The molecule has 0 spiro atoms. The number of rotatable bonds is 11. The monoisotopic (exact) mass is 536 g/mol. The minimum Gasteiger partial charge on any atom is -0.465 e. The molecule has 37 heavy (non-hydrogen) atoms. The van der Waals surface area contributed by atoms with E-state index in [-0.39, 0.29) is 71.9 Å². The minimum absolute atomic E-state index is 0.0496. The van der Waals surface area contributed by atoms with Crippen LogP contribution in [0.4, 0.5) is 0 Å². The fraction of sp³-hybridized carbons (Fsp3) is 0.542. The molecule has 3 rings (SSSR count). The molecular weight excluding hydrogens is 508 g/mol. The van der Waals surface area contributed by atoms with Gasteiger partial charge in [0.1, 0.15) is 0 Å². The molecule has 2 aliphatic rings. The zero-order chi connectivity index (χ0) is 27.0. The van der Waals surface area contributed by atoms with Crippen LogP contribution in [0.25, 0.3) is 0 Å². The molecule has 1 aliphatic heterocycles. The average molecular weight is 537 g/mol. The van der Waals surface area contributed by atoms with Gasteiger partial charge in [-0.25, -0.2) is 13.2 Å². The molecule has 0 aromatic heterocycles. The normalized spacial score (nSPS) is 19.9. The first-order valence-electron chi connectivity index (χ1n) is 12.0. The first kappa shape index (κ1) is 28.1. The van der Waals surface area contributed by atoms with Gasteiger partial charge in [0, 0.05) is 30.9 Å². The van der Waals surface area contributed by atoms with Gasteiger partial charge in [-0.15, -0.1) is 4.91 Å². The molecule has 0 atom stereocenters. The van der Waals surface area contributed by atoms with Gasteiger partial charge in [-0.2, -0.15) is 4.31 Å². The maximum Gasteiger partial charge on any atom is 0.338 e. The van der Waals surface area contributed by atoms with E-state index in [1.54, 1.807) is 0 Å². The Hall–Kier alpha value is -3.48. The molecule has 1 saturated heterocycles. The first-order chi connectivity index (χ1) is 17.6. The Kier molecular flexibility index (Phi) is 9.61. The van der Waals surface area contributed by atoms with Gasteiger partial charge in [0.2, 0.25) is 11.8 Å². The molecule has 3 amide bonds. The maximum atomic E-state index is 12.6. The fourth-order valence-corrected chi connectivity index (χ4v) is 5.66. The number of amides is 3. The highest BCUT2D eigenvalue weighted by atomic mass is 32.2. The molecule has 200 valence electrons. The molecule has 1 aromatic rings. The zero-order valence-corrected chi connectivity index (χ0v) is 20.9. The van der Waals surface area contributed by atoms with Crippen molar-refractivity contribution >= 4 is 39.7 Å². The molecule has 0 bridgehead atoms. The van der Waals surface area contributed by atoms with Crippen molar-refractivity contribution in [2.45, 2.75) is 62.7 Å². The number of imide groups is 1. The lowest BCUT2D eigenvalue weighted by molar-refractivity contribution is -0.145. The number of hydrogen-bond donors (Lipinski definition) is 0. The van der Waals surface area contributed by atoms with Gasteiger partial charge < -0.3 is 9.47 Å². The Morgan fingerprint density at radius 3 is 1.95 bits per heavy atom. The number of carbonyl (C=O) groups is 5. The van der Waals surface area contributed by atoms with Crippen LogP contribution >= 0.6 is 0 Å². The van der Waals surface area contributed by atoms with Crippen LogP contribution in [0.2, 0.25) is 0 Å². The van der Waals surface area contributed by atoms with Crippen LogP contribution < -0.4 is 0 Å². The maximum absolute atomic E-state index is 12.6. The Balaban J connectivity index is 1.39. The van der Waals surface area contributed by atoms with E-state index in [0.717, 1.165) is 37.8 Å². The lowest BCUT2D eigenvalue weighted by Gasteiger charge is -2.27. The van der Waals surface area contributed by atoms with E-state index >= 15 is 0 Å². The van der Waals surface area contributed by atoms with Gasteiger partial charge in [-0.1, -0.05) is 0 Å². The second-order valence-corrected chi connectivity index (χ2v) is 10.9. The molecule has 0 N–H and O–H groups in total. The summed E-state index contributed by atoms with van der Waals surface area (Å²) in [7, 11) is -4.31. The third kappa shape index (κ3) is 7.51. The number of benzene rings is 1. The topological polar surface area (TPSA) is 171 Å². The standard InChI is InChI=1S/C24H28N2O10S/c27-20(25-32)2-1-3-23(30)35-14-16-4-6-17(7-5-16)15-36-24(31)18-8-10-19(11-9-18)37(33,34)26-21(28)12-13-22(26)29/h8-11,16-17H,1-7,12-15H2. The van der Waals surface area contributed by atoms with Crippen LogP contribution in [-0.2, 0) is 38.7 Å². The predicted octanol–water partition coefficient (Wildman–Crippen LogP) is 2.49. The van der Waals surface area contributed by atoms with Gasteiger partial charge in [0.15, 0.2) is 0 Å². The van der Waals surface area contributed by atoms with Gasteiger partial charge in [-0.05, 0) is 68.2 Å². The number of ether oxygens (including phenoxy) is 2. The molecule has 12 nitrogen and oxygen atoms in total. The zero-order valence-electron chi connectivity index (χ0n) is 20.1. The van der Waals surface area contributed by atoms with Crippen molar-refractivity contribution in [3.8, 4) is 0 Å². The number of esters is 2. The average Bonchev–Trinajstić information content (AvgIpc) is 3.24. The first-order valence-corrected chi connectivity index (χ1v) is 13.5. The Bertz CT molecular complexity index is 1140. The van der Waals surface area contributed by atoms with Gasteiger partial charge in [0.25, 0.3) is 15.9 Å². The van der Waals surface area contributed by atoms with Gasteiger partial charge in [0.05, 0.1) is 23.7 Å². The van der Waals surface area contributed by atoms with Crippen molar-refractivity contribution < 1.29 is 41.9 Å². The van der Waals surface area contributed by atoms with Gasteiger partial charge >= 0.3 is 11.9 Å². The van der Waals surface area contributed by atoms with Crippen LogP contribution in [0.15, 0.2) is 34.3 Å². The van der Waals surface area contributed by atoms with E-state index in [2.05, 4.69) is 5.18 Å². The van der Waals surface area contributed by atoms with E-state index in [1.807, 2.05) is 0 Å². The number of nitrogens with zero attached hydrogens (tertiary/aromatic N) is 2. The van der Waals surface area contributed by atoms with E-state index in [1.165, 1.54) is 12.1 Å². The molecule has 1 heterocycles. The molecule has 2 fully saturated rings. The van der Waals surface area contributed by atoms with E-state index in [4.69, 9.17) is 9.47 Å². The van der Waals surface area contributed by atoms with E-state index in [0.29, 0.717) is 0 Å². The van der Waals surface area contributed by atoms with Crippen molar-refractivity contribution in [3.63, 3.8) is 0 Å². The molecule has 1 aromatic carbocycles. The quantitative estimate of drug-likeness (QED) is 0.232. The van der Waals surface area contributed by atoms with Crippen molar-refractivity contribution in [2.24, 2.45) is 17.0 Å². The second kappa shape index (κ2) is 12.7. The molecule has 1 saturated carbocycles. The van der Waals surface area contributed by atoms with Crippen molar-refractivity contribution in [1.29, 1.82) is 0 Å². The fourth-order valence-electron chi connectivity index (χ4n) is 4.25. The predicted molar refractivity (Wildman–Crippen MR) is 126 cm³/mol. The van der Waals surface area contributed by atoms with Crippen molar-refractivity contribution in [3.05, 3.63) is 34.7 Å². The minimum atomic E-state index is -4.31. The summed E-state index contributed by atoms with van der Waals surface area (Å²) < 4.78 is 36.0. The van der Waals surface area contributed by atoms with E-state index < -0.39 is 39.7 Å². The highest BCUT2D eigenvalue weighted by Crippen LogP contribution is 2.30. The number of sulfonamides is 1. The Morgan fingerprint density at radius 2 is 1.41 bits per heavy atom. The van der Waals surface area contributed by atoms with Gasteiger partial charge in [-0.3, -0.25) is 19.2 Å². The van der Waals surface area contributed by atoms with Crippen LogP contribution in [0, 0.1) is 16.7 Å². The Labute approximate surface area is 213 Å². The smallest absolute Gasteiger partial charge is 0.338 e. The molecule has 13 heteroatoms.